The minimum Gasteiger partial charge on any atom is -0.462 e. The molecule has 29 heavy (non-hydrogen) atoms. The third-order valence-corrected chi connectivity index (χ3v) is 5.04. The van der Waals surface area contributed by atoms with Gasteiger partial charge in [-0.3, -0.25) is 0 Å². The van der Waals surface area contributed by atoms with Crippen LogP contribution in [-0.2, 0) is 4.74 Å². The van der Waals surface area contributed by atoms with E-state index in [2.05, 4.69) is 6.92 Å². The second-order valence-electron chi connectivity index (χ2n) is 6.90. The van der Waals surface area contributed by atoms with Crippen molar-refractivity contribution in [2.45, 2.75) is 38.7 Å². The number of fused-ring (bicyclic) bond motifs is 3. The van der Waals surface area contributed by atoms with Crippen LogP contribution in [-0.4, -0.2) is 23.8 Å². The molecule has 1 aliphatic rings. The van der Waals surface area contributed by atoms with Crippen LogP contribution >= 0.6 is 0 Å². The summed E-state index contributed by atoms with van der Waals surface area (Å²) >= 11 is 0. The molecule has 0 spiro atoms. The molecule has 0 saturated carbocycles. The fraction of sp³-hybridized carbons (Fsp3) is 0.292. The highest BCUT2D eigenvalue weighted by molar-refractivity contribution is 6.10. The molecular weight excluding hydrogens is 364 g/mol. The first-order valence-electron chi connectivity index (χ1n) is 9.76. The standard InChI is InChI=1S/C24H22N2O3/c1-2-3-4-7-13-29-24(28)19-12-8-11-18-22(19)16-9-5-6-10-17(16)23(18)20(14-25)21(27)15-26/h5-6,8-12,21,27H,2-4,7,13H2,1H3. The number of aliphatic hydroxyl groups is 1. The number of carbonyl (C=O) groups excluding carboxylic acids is 1. The molecule has 0 fully saturated rings. The molecule has 0 bridgehead atoms. The minimum atomic E-state index is -1.54. The maximum atomic E-state index is 12.8. The third-order valence-electron chi connectivity index (χ3n) is 5.04. The molecule has 0 saturated heterocycles. The van der Waals surface area contributed by atoms with Crippen molar-refractivity contribution in [2.75, 3.05) is 6.61 Å². The summed E-state index contributed by atoms with van der Waals surface area (Å²) in [6, 6.07) is 16.3. The van der Waals surface area contributed by atoms with Crippen LogP contribution in [0.3, 0.4) is 0 Å². The molecule has 0 radical (unpaired) electrons. The van der Waals surface area contributed by atoms with Gasteiger partial charge in [-0.1, -0.05) is 62.6 Å². The average Bonchev–Trinajstić information content (AvgIpc) is 3.08. The normalized spacial score (nSPS) is 14.2. The molecule has 0 aliphatic heterocycles. The van der Waals surface area contributed by atoms with Gasteiger partial charge in [0.1, 0.15) is 0 Å². The van der Waals surface area contributed by atoms with E-state index in [9.17, 15) is 15.2 Å². The lowest BCUT2D eigenvalue weighted by Gasteiger charge is -2.10. The summed E-state index contributed by atoms with van der Waals surface area (Å²) in [5.41, 5.74) is 3.72. The van der Waals surface area contributed by atoms with Crippen molar-refractivity contribution < 1.29 is 14.6 Å². The molecule has 0 heterocycles. The van der Waals surface area contributed by atoms with Gasteiger partial charge in [0.05, 0.1) is 29.9 Å². The highest BCUT2D eigenvalue weighted by atomic mass is 16.5. The van der Waals surface area contributed by atoms with Crippen molar-refractivity contribution in [1.82, 2.24) is 0 Å². The number of hydrogen-bond donors (Lipinski definition) is 1. The highest BCUT2D eigenvalue weighted by Crippen LogP contribution is 2.47. The van der Waals surface area contributed by atoms with E-state index in [1.807, 2.05) is 30.3 Å². The molecule has 5 heteroatoms. The molecule has 146 valence electrons. The Morgan fingerprint density at radius 2 is 1.76 bits per heavy atom. The van der Waals surface area contributed by atoms with Gasteiger partial charge in [-0.05, 0) is 29.2 Å². The Balaban J connectivity index is 2.06. The molecule has 1 aliphatic carbocycles. The molecule has 1 unspecified atom stereocenters. The summed E-state index contributed by atoms with van der Waals surface area (Å²) in [7, 11) is 0. The van der Waals surface area contributed by atoms with E-state index in [0.717, 1.165) is 36.8 Å². The van der Waals surface area contributed by atoms with Crippen molar-refractivity contribution in [3.05, 3.63) is 64.7 Å². The van der Waals surface area contributed by atoms with Gasteiger partial charge in [0, 0.05) is 11.1 Å². The van der Waals surface area contributed by atoms with E-state index in [-0.39, 0.29) is 5.57 Å². The van der Waals surface area contributed by atoms with E-state index in [1.165, 1.54) is 0 Å². The van der Waals surface area contributed by atoms with Crippen LogP contribution < -0.4 is 0 Å². The van der Waals surface area contributed by atoms with E-state index in [4.69, 9.17) is 10.00 Å². The molecule has 2 aromatic carbocycles. The van der Waals surface area contributed by atoms with E-state index in [0.29, 0.717) is 28.9 Å². The van der Waals surface area contributed by atoms with E-state index in [1.54, 1.807) is 24.3 Å². The SMILES string of the molecule is CCCCCCOC(=O)c1cccc2c1-c1ccccc1C2=C(C#N)C(O)C#N. The second-order valence-corrected chi connectivity index (χ2v) is 6.90. The summed E-state index contributed by atoms with van der Waals surface area (Å²) in [5.74, 6) is -0.409. The Morgan fingerprint density at radius 1 is 1.03 bits per heavy atom. The number of unbranched alkanes of at least 4 members (excludes halogenated alkanes) is 3. The van der Waals surface area contributed by atoms with Crippen LogP contribution in [0.5, 0.6) is 0 Å². The average molecular weight is 386 g/mol. The van der Waals surface area contributed by atoms with Gasteiger partial charge in [-0.15, -0.1) is 0 Å². The lowest BCUT2D eigenvalue weighted by molar-refractivity contribution is 0.0498. The predicted octanol–water partition coefficient (Wildman–Crippen LogP) is 4.61. The Labute approximate surface area is 170 Å². The van der Waals surface area contributed by atoms with Crippen LogP contribution in [0, 0.1) is 22.7 Å². The summed E-state index contributed by atoms with van der Waals surface area (Å²) in [5, 5.41) is 28.8. The molecule has 0 aromatic heterocycles. The van der Waals surface area contributed by atoms with Crippen LogP contribution in [0.1, 0.15) is 54.1 Å². The number of hydrogen-bond acceptors (Lipinski definition) is 5. The van der Waals surface area contributed by atoms with Crippen LogP contribution in [0.4, 0.5) is 0 Å². The largest absolute Gasteiger partial charge is 0.462 e. The van der Waals surface area contributed by atoms with Gasteiger partial charge in [-0.25, -0.2) is 4.79 Å². The first kappa shape index (κ1) is 20.3. The minimum absolute atomic E-state index is 0.0243. The number of carbonyl (C=O) groups is 1. The summed E-state index contributed by atoms with van der Waals surface area (Å²) in [4.78, 5) is 12.8. The number of benzene rings is 2. The zero-order chi connectivity index (χ0) is 20.8. The molecule has 1 atom stereocenters. The molecule has 1 N–H and O–H groups in total. The third kappa shape index (κ3) is 3.92. The number of ether oxygens (including phenoxy) is 1. The quantitative estimate of drug-likeness (QED) is 0.277. The Bertz CT molecular complexity index is 1040. The predicted molar refractivity (Wildman–Crippen MR) is 110 cm³/mol. The zero-order valence-corrected chi connectivity index (χ0v) is 16.3. The van der Waals surface area contributed by atoms with Gasteiger partial charge >= 0.3 is 5.97 Å². The second kappa shape index (κ2) is 9.19. The van der Waals surface area contributed by atoms with Gasteiger partial charge in [0.2, 0.25) is 0 Å². The lowest BCUT2D eigenvalue weighted by atomic mass is 9.95. The number of nitrogens with zero attached hydrogens (tertiary/aromatic N) is 2. The molecule has 2 aromatic rings. The van der Waals surface area contributed by atoms with E-state index >= 15 is 0 Å². The van der Waals surface area contributed by atoms with Gasteiger partial charge in [0.25, 0.3) is 0 Å². The maximum absolute atomic E-state index is 12.8. The fourth-order valence-electron chi connectivity index (χ4n) is 3.67. The summed E-state index contributed by atoms with van der Waals surface area (Å²) < 4.78 is 5.48. The van der Waals surface area contributed by atoms with Crippen molar-refractivity contribution in [1.29, 1.82) is 10.5 Å². The monoisotopic (exact) mass is 386 g/mol. The number of aliphatic hydroxyl groups excluding tert-OH is 1. The molecule has 3 rings (SSSR count). The molecule has 5 nitrogen and oxygen atoms in total. The topological polar surface area (TPSA) is 94.1 Å². The van der Waals surface area contributed by atoms with Gasteiger partial charge in [-0.2, -0.15) is 10.5 Å². The summed E-state index contributed by atoms with van der Waals surface area (Å²) in [6.07, 6.45) is 2.52. The van der Waals surface area contributed by atoms with Crippen molar-refractivity contribution >= 4 is 11.5 Å². The fourth-order valence-corrected chi connectivity index (χ4v) is 3.67. The maximum Gasteiger partial charge on any atom is 0.338 e. The highest BCUT2D eigenvalue weighted by Gasteiger charge is 2.31. The Morgan fingerprint density at radius 3 is 2.45 bits per heavy atom. The summed E-state index contributed by atoms with van der Waals surface area (Å²) in [6.45, 7) is 2.49. The van der Waals surface area contributed by atoms with Crippen LogP contribution in [0.15, 0.2) is 48.0 Å². The van der Waals surface area contributed by atoms with Crippen molar-refractivity contribution in [3.63, 3.8) is 0 Å². The lowest BCUT2D eigenvalue weighted by Crippen LogP contribution is -2.09. The van der Waals surface area contributed by atoms with Gasteiger partial charge in [0.15, 0.2) is 6.10 Å². The first-order valence-corrected chi connectivity index (χ1v) is 9.76. The number of nitriles is 2. The zero-order valence-electron chi connectivity index (χ0n) is 16.3. The first-order chi connectivity index (χ1) is 14.1. The smallest absolute Gasteiger partial charge is 0.338 e. The number of esters is 1. The van der Waals surface area contributed by atoms with Crippen LogP contribution in [0.25, 0.3) is 16.7 Å². The van der Waals surface area contributed by atoms with E-state index < -0.39 is 12.1 Å². The molecule has 0 amide bonds. The van der Waals surface area contributed by atoms with Crippen LogP contribution in [0.2, 0.25) is 0 Å². The van der Waals surface area contributed by atoms with Crippen molar-refractivity contribution in [2.24, 2.45) is 0 Å². The molecular formula is C24H22N2O3. The number of rotatable bonds is 7. The van der Waals surface area contributed by atoms with Crippen molar-refractivity contribution in [3.8, 4) is 23.3 Å². The Kier molecular flexibility index (Phi) is 6.44. The van der Waals surface area contributed by atoms with Gasteiger partial charge < -0.3 is 9.84 Å². The Hall–Kier alpha value is -3.41.